The lowest BCUT2D eigenvalue weighted by atomic mass is 9.32. The average molecular weight is 469 g/mol. The molecule has 34 heavy (non-hydrogen) atoms. The quantitative estimate of drug-likeness (QED) is 0.187. The van der Waals surface area contributed by atoms with Crippen molar-refractivity contribution in [3.8, 4) is 0 Å². The summed E-state index contributed by atoms with van der Waals surface area (Å²) in [5, 5.41) is 26.9. The number of nitrogens with zero attached hydrogens (tertiary/aromatic N) is 2. The zero-order chi connectivity index (χ0) is 24.7. The van der Waals surface area contributed by atoms with Crippen molar-refractivity contribution in [3.05, 3.63) is 12.2 Å². The number of hydrogen-bond donors (Lipinski definition) is 2. The molecule has 5 fully saturated rings. The third-order valence-corrected chi connectivity index (χ3v) is 13.3. The summed E-state index contributed by atoms with van der Waals surface area (Å²) in [4.78, 5) is 0. The predicted molar refractivity (Wildman–Crippen MR) is 138 cm³/mol. The molecule has 0 spiro atoms. The summed E-state index contributed by atoms with van der Waals surface area (Å²) in [6, 6.07) is 0. The van der Waals surface area contributed by atoms with Crippen LogP contribution in [0.3, 0.4) is 0 Å². The van der Waals surface area contributed by atoms with Crippen molar-refractivity contribution < 1.29 is 10.4 Å². The number of oxime groups is 2. The molecule has 5 saturated carbocycles. The fraction of sp³-hybridized carbons (Fsp3) is 0.867. The number of allylic oxidation sites excluding steroid dienone is 1. The van der Waals surface area contributed by atoms with Gasteiger partial charge in [0.1, 0.15) is 0 Å². The Morgan fingerprint density at radius 2 is 1.62 bits per heavy atom. The Balaban J connectivity index is 1.56. The monoisotopic (exact) mass is 468 g/mol. The molecule has 0 unspecified atom stereocenters. The lowest BCUT2D eigenvalue weighted by Gasteiger charge is -2.72. The summed E-state index contributed by atoms with van der Waals surface area (Å²) in [7, 11) is 0. The van der Waals surface area contributed by atoms with E-state index in [0.717, 1.165) is 31.4 Å². The Morgan fingerprint density at radius 3 is 2.26 bits per heavy atom. The van der Waals surface area contributed by atoms with Gasteiger partial charge in [-0.2, -0.15) is 0 Å². The maximum atomic E-state index is 9.76. The number of fused-ring (bicyclic) bond motifs is 7. The zero-order valence-electron chi connectivity index (χ0n) is 22.5. The minimum absolute atomic E-state index is 0.0311. The molecule has 0 amide bonds. The number of hydrogen-bond acceptors (Lipinski definition) is 4. The van der Waals surface area contributed by atoms with E-state index in [1.54, 1.807) is 0 Å². The summed E-state index contributed by atoms with van der Waals surface area (Å²) in [6.45, 7) is 19.2. The van der Waals surface area contributed by atoms with Crippen LogP contribution in [0.4, 0.5) is 0 Å². The van der Waals surface area contributed by atoms with Crippen LogP contribution in [-0.4, -0.2) is 22.3 Å². The molecule has 5 aliphatic carbocycles. The van der Waals surface area contributed by atoms with Gasteiger partial charge in [0.05, 0.1) is 11.9 Å². The molecule has 0 saturated heterocycles. The second kappa shape index (κ2) is 7.59. The normalized spacial score (nSPS) is 53.1. The molecule has 0 radical (unpaired) electrons. The molecule has 0 aromatic rings. The van der Waals surface area contributed by atoms with E-state index in [2.05, 4.69) is 58.4 Å². The highest BCUT2D eigenvalue weighted by molar-refractivity contribution is 5.90. The Morgan fingerprint density at radius 1 is 0.882 bits per heavy atom. The summed E-state index contributed by atoms with van der Waals surface area (Å²) in [5.74, 6) is 3.06. The molecule has 0 aromatic carbocycles. The molecule has 4 nitrogen and oxygen atoms in total. The summed E-state index contributed by atoms with van der Waals surface area (Å²) in [6.07, 6.45) is 13.8. The van der Waals surface area contributed by atoms with E-state index in [0.29, 0.717) is 45.8 Å². The van der Waals surface area contributed by atoms with Crippen LogP contribution in [0.1, 0.15) is 106 Å². The first-order valence-electron chi connectivity index (χ1n) is 14.0. The smallest absolute Gasteiger partial charge is 0.0630 e. The predicted octanol–water partition coefficient (Wildman–Crippen LogP) is 7.93. The molecule has 0 heterocycles. The zero-order valence-corrected chi connectivity index (χ0v) is 22.5. The average Bonchev–Trinajstić information content (AvgIpc) is 3.14. The third kappa shape index (κ3) is 2.83. The summed E-state index contributed by atoms with van der Waals surface area (Å²) >= 11 is 0. The van der Waals surface area contributed by atoms with Gasteiger partial charge in [-0.1, -0.05) is 51.9 Å². The highest BCUT2D eigenvalue weighted by atomic mass is 16.4. The van der Waals surface area contributed by atoms with Crippen molar-refractivity contribution >= 4 is 11.9 Å². The minimum Gasteiger partial charge on any atom is -0.411 e. The fourth-order valence-electron chi connectivity index (χ4n) is 11.5. The molecule has 0 bridgehead atoms. The van der Waals surface area contributed by atoms with Gasteiger partial charge in [0, 0.05) is 10.8 Å². The van der Waals surface area contributed by atoms with Crippen LogP contribution >= 0.6 is 0 Å². The fourth-order valence-corrected chi connectivity index (χ4v) is 11.5. The second-order valence-corrected chi connectivity index (χ2v) is 14.4. The molecule has 9 atom stereocenters. The van der Waals surface area contributed by atoms with Crippen LogP contribution < -0.4 is 0 Å². The highest BCUT2D eigenvalue weighted by Crippen LogP contribution is 2.77. The van der Waals surface area contributed by atoms with Crippen molar-refractivity contribution in [1.29, 1.82) is 0 Å². The topological polar surface area (TPSA) is 65.2 Å². The summed E-state index contributed by atoms with van der Waals surface area (Å²) in [5.41, 5.74) is 3.27. The second-order valence-electron chi connectivity index (χ2n) is 14.4. The van der Waals surface area contributed by atoms with Gasteiger partial charge in [-0.25, -0.2) is 0 Å². The van der Waals surface area contributed by atoms with Crippen molar-refractivity contribution in [2.45, 2.75) is 106 Å². The Hall–Kier alpha value is -1.32. The van der Waals surface area contributed by atoms with Crippen molar-refractivity contribution in [2.75, 3.05) is 0 Å². The van der Waals surface area contributed by atoms with Gasteiger partial charge < -0.3 is 10.4 Å². The lowest BCUT2D eigenvalue weighted by Crippen LogP contribution is -2.66. The van der Waals surface area contributed by atoms with Gasteiger partial charge >= 0.3 is 0 Å². The van der Waals surface area contributed by atoms with E-state index in [1.807, 2.05) is 6.21 Å². The molecule has 0 aromatic heterocycles. The molecule has 0 aliphatic heterocycles. The standard InChI is InChI=1S/C30H48N2O2/c1-19(2)20-10-15-30(18-31-33)17-16-28(6)21(25(20)30)8-9-23-27(5)13-12-24(32-34)26(3,4)22(27)11-14-29(23,28)7/h18,20-23,25,33-34H,1,8-17H2,2-7H3/b31-18-,32-24-/t20-,21+,22-,23+,25-,27-,28+,29+,30+/m0/s1. The van der Waals surface area contributed by atoms with E-state index < -0.39 is 0 Å². The third-order valence-electron chi connectivity index (χ3n) is 13.3. The first-order valence-corrected chi connectivity index (χ1v) is 14.0. The van der Waals surface area contributed by atoms with Crippen LogP contribution in [0.2, 0.25) is 0 Å². The Kier molecular flexibility index (Phi) is 5.44. The maximum absolute atomic E-state index is 9.76. The van der Waals surface area contributed by atoms with Gasteiger partial charge in [0.15, 0.2) is 0 Å². The van der Waals surface area contributed by atoms with Crippen molar-refractivity contribution in [3.63, 3.8) is 0 Å². The van der Waals surface area contributed by atoms with E-state index in [4.69, 9.17) is 0 Å². The van der Waals surface area contributed by atoms with Crippen LogP contribution in [0.25, 0.3) is 0 Å². The van der Waals surface area contributed by atoms with Gasteiger partial charge in [-0.05, 0) is 117 Å². The van der Waals surface area contributed by atoms with E-state index in [-0.39, 0.29) is 10.8 Å². The number of rotatable bonds is 2. The first kappa shape index (κ1) is 24.4. The van der Waals surface area contributed by atoms with Gasteiger partial charge in [-0.15, -0.1) is 5.16 Å². The Labute approximate surface area is 207 Å². The Bertz CT molecular complexity index is 923. The maximum Gasteiger partial charge on any atom is 0.0630 e. The molecule has 190 valence electrons. The minimum atomic E-state index is -0.0311. The van der Waals surface area contributed by atoms with Crippen LogP contribution in [0.15, 0.2) is 22.5 Å². The largest absolute Gasteiger partial charge is 0.411 e. The van der Waals surface area contributed by atoms with Crippen molar-refractivity contribution in [2.24, 2.45) is 67.0 Å². The molecule has 2 N–H and O–H groups in total. The highest BCUT2D eigenvalue weighted by Gasteiger charge is 2.70. The summed E-state index contributed by atoms with van der Waals surface area (Å²) < 4.78 is 0. The van der Waals surface area contributed by atoms with Crippen LogP contribution in [-0.2, 0) is 0 Å². The molecule has 4 heteroatoms. The SMILES string of the molecule is C=C(C)[C@@H]1CC[C@]2(/C=N\O)CC[C@]3(C)[C@H](CC[C@@H]4[C@@]5(C)CC/C(=N/O)C(C)(C)[C@@H]5CC[C@]43C)[C@H]12. The molecule has 5 aliphatic rings. The van der Waals surface area contributed by atoms with Gasteiger partial charge in [0.2, 0.25) is 0 Å². The lowest BCUT2D eigenvalue weighted by molar-refractivity contribution is -0.222. The van der Waals surface area contributed by atoms with Crippen LogP contribution in [0.5, 0.6) is 0 Å². The van der Waals surface area contributed by atoms with E-state index >= 15 is 0 Å². The van der Waals surface area contributed by atoms with Crippen LogP contribution in [0, 0.1) is 56.7 Å². The first-order chi connectivity index (χ1) is 15.9. The molecule has 5 rings (SSSR count). The van der Waals surface area contributed by atoms with Gasteiger partial charge in [0.25, 0.3) is 0 Å². The van der Waals surface area contributed by atoms with Crippen molar-refractivity contribution in [1.82, 2.24) is 0 Å². The molecular weight excluding hydrogens is 420 g/mol. The molecular formula is C30H48N2O2. The van der Waals surface area contributed by atoms with Gasteiger partial charge in [-0.3, -0.25) is 0 Å². The van der Waals surface area contributed by atoms with E-state index in [1.165, 1.54) is 44.1 Å². The van der Waals surface area contributed by atoms with E-state index in [9.17, 15) is 10.4 Å².